The summed E-state index contributed by atoms with van der Waals surface area (Å²) in [6.07, 6.45) is 3.66. The number of fused-ring (bicyclic) bond motifs is 1. The van der Waals surface area contributed by atoms with Crippen LogP contribution in [-0.2, 0) is 9.53 Å². The van der Waals surface area contributed by atoms with Gasteiger partial charge in [-0.1, -0.05) is 11.6 Å². The number of methoxy groups -OCH3 is 1. The second-order valence-corrected chi connectivity index (χ2v) is 7.58. The van der Waals surface area contributed by atoms with Crippen molar-refractivity contribution in [1.29, 1.82) is 5.26 Å². The maximum absolute atomic E-state index is 12.9. The van der Waals surface area contributed by atoms with Crippen LogP contribution in [0.2, 0.25) is 0 Å². The lowest BCUT2D eigenvalue weighted by molar-refractivity contribution is -0.117. The molecule has 158 valence electrons. The average molecular weight is 416 g/mol. The van der Waals surface area contributed by atoms with E-state index >= 15 is 0 Å². The van der Waals surface area contributed by atoms with Crippen LogP contribution in [0.1, 0.15) is 29.5 Å². The molecule has 0 spiro atoms. The Morgan fingerprint density at radius 2 is 2.06 bits per heavy atom. The predicted molar refractivity (Wildman–Crippen MR) is 117 cm³/mol. The molecule has 0 bridgehead atoms. The van der Waals surface area contributed by atoms with Gasteiger partial charge in [-0.3, -0.25) is 4.79 Å². The number of nitrogens with one attached hydrogen (secondary N) is 1. The molecule has 0 aromatic heterocycles. The number of allylic oxidation sites excluding steroid dienone is 2. The maximum atomic E-state index is 12.9. The summed E-state index contributed by atoms with van der Waals surface area (Å²) >= 11 is 0. The number of benzene rings is 2. The highest BCUT2D eigenvalue weighted by Gasteiger charge is 2.25. The van der Waals surface area contributed by atoms with E-state index in [1.54, 1.807) is 13.2 Å². The first-order valence-corrected chi connectivity index (χ1v) is 10.3. The van der Waals surface area contributed by atoms with Crippen molar-refractivity contribution in [2.75, 3.05) is 20.3 Å². The first-order chi connectivity index (χ1) is 15.1. The van der Waals surface area contributed by atoms with E-state index in [0.29, 0.717) is 30.2 Å². The summed E-state index contributed by atoms with van der Waals surface area (Å²) in [4.78, 5) is 12.9. The molecule has 2 aliphatic heterocycles. The van der Waals surface area contributed by atoms with Crippen molar-refractivity contribution in [2.24, 2.45) is 0 Å². The average Bonchev–Trinajstić information content (AvgIpc) is 3.32. The van der Waals surface area contributed by atoms with Crippen molar-refractivity contribution in [3.8, 4) is 17.6 Å². The van der Waals surface area contributed by atoms with Crippen molar-refractivity contribution in [3.05, 3.63) is 70.8 Å². The number of nitrogens with zero attached hydrogens (tertiary/aromatic N) is 1. The Morgan fingerprint density at radius 3 is 2.74 bits per heavy atom. The number of hydrogen-bond donors (Lipinski definition) is 1. The number of amides is 1. The van der Waals surface area contributed by atoms with Gasteiger partial charge in [0.2, 0.25) is 0 Å². The summed E-state index contributed by atoms with van der Waals surface area (Å²) in [6, 6.07) is 15.3. The minimum atomic E-state index is -0.410. The van der Waals surface area contributed by atoms with Crippen LogP contribution in [0.5, 0.6) is 11.5 Å². The van der Waals surface area contributed by atoms with Gasteiger partial charge in [-0.2, -0.15) is 5.26 Å². The lowest BCUT2D eigenvalue weighted by Crippen LogP contribution is -2.33. The molecular weight excluding hydrogens is 392 g/mol. The van der Waals surface area contributed by atoms with Crippen molar-refractivity contribution in [1.82, 2.24) is 5.32 Å². The third-order valence-electron chi connectivity index (χ3n) is 5.42. The first kappa shape index (κ1) is 20.7. The minimum absolute atomic E-state index is 0.00325. The summed E-state index contributed by atoms with van der Waals surface area (Å²) in [7, 11) is 1.61. The standard InChI is InChI=1S/C25H24N2O4/c1-16-5-10-23-21(12-16)20(13-24(31-23)17-6-8-18(29-2)9-7-17)22(14-26)25(28)27-15-19-4-3-11-30-19/h5-10,12-13,19H,3-4,11,15H2,1-2H3,(H,27,28)/b22-20-/t19-/m0/s1. The molecule has 31 heavy (non-hydrogen) atoms. The van der Waals surface area contributed by atoms with E-state index < -0.39 is 5.91 Å². The number of ether oxygens (including phenoxy) is 3. The molecule has 2 heterocycles. The van der Waals surface area contributed by atoms with Gasteiger partial charge >= 0.3 is 0 Å². The Balaban J connectivity index is 1.73. The van der Waals surface area contributed by atoms with Gasteiger partial charge < -0.3 is 19.5 Å². The summed E-state index contributed by atoms with van der Waals surface area (Å²) < 4.78 is 16.9. The minimum Gasteiger partial charge on any atom is -0.497 e. The fraction of sp³-hybridized carbons (Fsp3) is 0.280. The smallest absolute Gasteiger partial charge is 0.262 e. The molecule has 1 saturated heterocycles. The second-order valence-electron chi connectivity index (χ2n) is 7.58. The van der Waals surface area contributed by atoms with Gasteiger partial charge in [0.05, 0.1) is 13.2 Å². The van der Waals surface area contributed by atoms with Crippen LogP contribution < -0.4 is 14.8 Å². The zero-order valence-electron chi connectivity index (χ0n) is 17.6. The lowest BCUT2D eigenvalue weighted by atomic mass is 9.93. The molecule has 4 rings (SSSR count). The van der Waals surface area contributed by atoms with Gasteiger partial charge in [0.25, 0.3) is 5.91 Å². The van der Waals surface area contributed by atoms with E-state index in [-0.39, 0.29) is 11.7 Å². The van der Waals surface area contributed by atoms with E-state index in [4.69, 9.17) is 14.2 Å². The van der Waals surface area contributed by atoms with Crippen molar-refractivity contribution < 1.29 is 19.0 Å². The molecule has 1 atom stereocenters. The van der Waals surface area contributed by atoms with Gasteiger partial charge in [-0.25, -0.2) is 0 Å². The van der Waals surface area contributed by atoms with E-state index in [2.05, 4.69) is 11.4 Å². The Labute approximate surface area is 181 Å². The van der Waals surface area contributed by atoms with Crippen LogP contribution in [0, 0.1) is 18.3 Å². The van der Waals surface area contributed by atoms with Gasteiger partial charge in [0, 0.05) is 29.9 Å². The second kappa shape index (κ2) is 9.07. The summed E-state index contributed by atoms with van der Waals surface area (Å²) in [5.74, 6) is 1.49. The van der Waals surface area contributed by atoms with Crippen LogP contribution in [0.4, 0.5) is 0 Å². The number of carbonyl (C=O) groups is 1. The molecule has 6 heteroatoms. The van der Waals surface area contributed by atoms with Gasteiger partial charge in [-0.15, -0.1) is 0 Å². The van der Waals surface area contributed by atoms with Crippen LogP contribution in [0.15, 0.2) is 54.1 Å². The van der Waals surface area contributed by atoms with Gasteiger partial charge in [-0.05, 0) is 62.2 Å². The van der Waals surface area contributed by atoms with E-state index in [1.807, 2.05) is 49.4 Å². The maximum Gasteiger partial charge on any atom is 0.262 e. The summed E-state index contributed by atoms with van der Waals surface area (Å²) in [5.41, 5.74) is 3.16. The molecule has 2 aromatic rings. The number of nitriles is 1. The SMILES string of the molecule is COc1ccc(C2=C/C(=C(\C#N)C(=O)NC[C@@H]3CCCO3)c3cc(C)ccc3O2)cc1. The van der Waals surface area contributed by atoms with Crippen LogP contribution >= 0.6 is 0 Å². The normalized spacial score (nSPS) is 18.9. The topological polar surface area (TPSA) is 80.6 Å². The van der Waals surface area contributed by atoms with Gasteiger partial charge in [0.1, 0.15) is 28.9 Å². The highest BCUT2D eigenvalue weighted by atomic mass is 16.5. The monoisotopic (exact) mass is 416 g/mol. The van der Waals surface area contributed by atoms with E-state index in [1.165, 1.54) is 0 Å². The highest BCUT2D eigenvalue weighted by molar-refractivity contribution is 6.09. The fourth-order valence-corrected chi connectivity index (χ4v) is 3.74. The van der Waals surface area contributed by atoms with Crippen LogP contribution in [-0.4, -0.2) is 32.3 Å². The number of rotatable bonds is 5. The fourth-order valence-electron chi connectivity index (χ4n) is 3.74. The predicted octanol–water partition coefficient (Wildman–Crippen LogP) is 4.01. The molecule has 2 aromatic carbocycles. The Bertz CT molecular complexity index is 1090. The molecule has 0 saturated carbocycles. The van der Waals surface area contributed by atoms with E-state index in [9.17, 15) is 10.1 Å². The summed E-state index contributed by atoms with van der Waals surface area (Å²) in [5, 5.41) is 12.7. The van der Waals surface area contributed by atoms with Gasteiger partial charge in [0.15, 0.2) is 0 Å². The molecule has 0 aliphatic carbocycles. The quantitative estimate of drug-likeness (QED) is 0.588. The lowest BCUT2D eigenvalue weighted by Gasteiger charge is -2.22. The number of carbonyl (C=O) groups excluding carboxylic acids is 1. The zero-order valence-corrected chi connectivity index (χ0v) is 17.6. The van der Waals surface area contributed by atoms with E-state index in [0.717, 1.165) is 35.3 Å². The molecule has 1 amide bonds. The van der Waals surface area contributed by atoms with Crippen LogP contribution in [0.25, 0.3) is 11.3 Å². The largest absolute Gasteiger partial charge is 0.497 e. The Hall–Kier alpha value is -3.56. The van der Waals surface area contributed by atoms with Crippen molar-refractivity contribution in [2.45, 2.75) is 25.9 Å². The molecule has 0 unspecified atom stereocenters. The van der Waals surface area contributed by atoms with Crippen molar-refractivity contribution >= 4 is 17.2 Å². The number of hydrogen-bond acceptors (Lipinski definition) is 5. The summed E-state index contributed by atoms with van der Waals surface area (Å²) in [6.45, 7) is 3.07. The Kier molecular flexibility index (Phi) is 6.06. The number of aryl methyl sites for hydroxylation is 1. The molecule has 1 fully saturated rings. The third-order valence-corrected chi connectivity index (χ3v) is 5.42. The van der Waals surface area contributed by atoms with Crippen LogP contribution in [0.3, 0.4) is 0 Å². The Morgan fingerprint density at radius 1 is 1.26 bits per heavy atom. The molecule has 2 aliphatic rings. The third kappa shape index (κ3) is 4.47. The molecule has 6 nitrogen and oxygen atoms in total. The van der Waals surface area contributed by atoms with Crippen molar-refractivity contribution in [3.63, 3.8) is 0 Å². The molecule has 1 N–H and O–H groups in total. The highest BCUT2D eigenvalue weighted by Crippen LogP contribution is 2.39. The molecular formula is C25H24N2O4. The first-order valence-electron chi connectivity index (χ1n) is 10.3. The molecule has 0 radical (unpaired) electrons. The zero-order chi connectivity index (χ0) is 21.8.